The molecule has 0 unspecified atom stereocenters. The summed E-state index contributed by atoms with van der Waals surface area (Å²) in [4.78, 5) is 12.6. The quantitative estimate of drug-likeness (QED) is 0.635. The molecule has 1 fully saturated rings. The first kappa shape index (κ1) is 18.2. The van der Waals surface area contributed by atoms with Crippen molar-refractivity contribution in [2.75, 3.05) is 0 Å². The number of para-hydroxylation sites is 1. The van der Waals surface area contributed by atoms with E-state index in [1.165, 1.54) is 18.4 Å². The Morgan fingerprint density at radius 1 is 1.07 bits per heavy atom. The van der Waals surface area contributed by atoms with Crippen LogP contribution in [0.2, 0.25) is 0 Å². The molecular formula is C24H25N3O. The molecule has 1 heterocycles. The molecule has 0 spiro atoms. The van der Waals surface area contributed by atoms with Crippen LogP contribution in [0, 0.1) is 19.8 Å². The molecule has 0 bridgehead atoms. The van der Waals surface area contributed by atoms with E-state index >= 15 is 0 Å². The van der Waals surface area contributed by atoms with E-state index in [0.29, 0.717) is 5.92 Å². The van der Waals surface area contributed by atoms with E-state index in [-0.39, 0.29) is 11.9 Å². The summed E-state index contributed by atoms with van der Waals surface area (Å²) in [5.41, 5.74) is 5.12. The molecule has 1 aliphatic rings. The van der Waals surface area contributed by atoms with Crippen LogP contribution in [0.25, 0.3) is 11.8 Å². The Morgan fingerprint density at radius 2 is 1.71 bits per heavy atom. The highest BCUT2D eigenvalue weighted by Crippen LogP contribution is 2.40. The van der Waals surface area contributed by atoms with Crippen LogP contribution in [-0.4, -0.2) is 15.7 Å². The molecule has 1 atom stereocenters. The maximum atomic E-state index is 12.6. The van der Waals surface area contributed by atoms with Crippen LogP contribution in [0.5, 0.6) is 0 Å². The van der Waals surface area contributed by atoms with Gasteiger partial charge in [0.25, 0.3) is 0 Å². The first-order chi connectivity index (χ1) is 13.6. The van der Waals surface area contributed by atoms with Gasteiger partial charge in [0.15, 0.2) is 0 Å². The van der Waals surface area contributed by atoms with E-state index in [1.54, 1.807) is 6.08 Å². The van der Waals surface area contributed by atoms with Crippen LogP contribution in [0.3, 0.4) is 0 Å². The third kappa shape index (κ3) is 3.91. The number of aromatic nitrogens is 2. The second kappa shape index (κ2) is 7.85. The number of nitrogens with one attached hydrogen (secondary N) is 1. The van der Waals surface area contributed by atoms with Gasteiger partial charge in [0.1, 0.15) is 0 Å². The smallest absolute Gasteiger partial charge is 0.244 e. The van der Waals surface area contributed by atoms with Gasteiger partial charge in [-0.1, -0.05) is 48.5 Å². The van der Waals surface area contributed by atoms with Gasteiger partial charge < -0.3 is 5.32 Å². The van der Waals surface area contributed by atoms with Gasteiger partial charge in [-0.25, -0.2) is 4.68 Å². The predicted molar refractivity (Wildman–Crippen MR) is 112 cm³/mol. The first-order valence-electron chi connectivity index (χ1n) is 9.78. The maximum Gasteiger partial charge on any atom is 0.244 e. The largest absolute Gasteiger partial charge is 0.345 e. The Labute approximate surface area is 165 Å². The van der Waals surface area contributed by atoms with E-state index < -0.39 is 0 Å². The molecule has 4 nitrogen and oxygen atoms in total. The lowest BCUT2D eigenvalue weighted by molar-refractivity contribution is -0.117. The minimum absolute atomic E-state index is 0.0629. The zero-order valence-corrected chi connectivity index (χ0v) is 16.3. The molecule has 0 radical (unpaired) electrons. The molecule has 2 aromatic carbocycles. The molecule has 0 saturated heterocycles. The van der Waals surface area contributed by atoms with Gasteiger partial charge in [0, 0.05) is 17.3 Å². The molecular weight excluding hydrogens is 346 g/mol. The van der Waals surface area contributed by atoms with Gasteiger partial charge in [0.2, 0.25) is 5.91 Å². The SMILES string of the molecule is Cc1nn(-c2ccccc2)c(C)c1/C=C/C(=O)N[C@H](c1ccccc1)C1CC1. The van der Waals surface area contributed by atoms with E-state index in [2.05, 4.69) is 22.5 Å². The average molecular weight is 371 g/mol. The molecule has 28 heavy (non-hydrogen) atoms. The van der Waals surface area contributed by atoms with E-state index in [9.17, 15) is 4.79 Å². The lowest BCUT2D eigenvalue weighted by Crippen LogP contribution is -2.28. The number of carbonyl (C=O) groups is 1. The van der Waals surface area contributed by atoms with Crippen molar-refractivity contribution in [1.82, 2.24) is 15.1 Å². The van der Waals surface area contributed by atoms with Crippen LogP contribution in [-0.2, 0) is 4.79 Å². The highest BCUT2D eigenvalue weighted by Gasteiger charge is 2.32. The minimum atomic E-state index is -0.0629. The van der Waals surface area contributed by atoms with Crippen LogP contribution >= 0.6 is 0 Å². The van der Waals surface area contributed by atoms with Crippen LogP contribution in [0.1, 0.15) is 41.4 Å². The van der Waals surface area contributed by atoms with Crippen molar-refractivity contribution in [3.63, 3.8) is 0 Å². The summed E-state index contributed by atoms with van der Waals surface area (Å²) >= 11 is 0. The van der Waals surface area contributed by atoms with Crippen LogP contribution in [0.4, 0.5) is 0 Å². The number of rotatable bonds is 6. The second-order valence-electron chi connectivity index (χ2n) is 7.40. The fraction of sp³-hybridized carbons (Fsp3) is 0.250. The zero-order valence-electron chi connectivity index (χ0n) is 16.3. The van der Waals surface area contributed by atoms with Gasteiger partial charge in [-0.3, -0.25) is 4.79 Å². The van der Waals surface area contributed by atoms with Crippen LogP contribution < -0.4 is 5.32 Å². The van der Waals surface area contributed by atoms with Gasteiger partial charge in [-0.2, -0.15) is 5.10 Å². The fourth-order valence-corrected chi connectivity index (χ4v) is 3.64. The molecule has 3 aromatic rings. The fourth-order valence-electron chi connectivity index (χ4n) is 3.64. The van der Waals surface area contributed by atoms with Crippen LogP contribution in [0.15, 0.2) is 66.7 Å². The monoisotopic (exact) mass is 371 g/mol. The zero-order chi connectivity index (χ0) is 19.5. The molecule has 4 heteroatoms. The van der Waals surface area contributed by atoms with Crippen molar-refractivity contribution in [3.05, 3.63) is 89.3 Å². The number of nitrogens with zero attached hydrogens (tertiary/aromatic N) is 2. The Bertz CT molecular complexity index is 985. The lowest BCUT2D eigenvalue weighted by Gasteiger charge is -2.17. The molecule has 1 N–H and O–H groups in total. The molecule has 4 rings (SSSR count). The van der Waals surface area contributed by atoms with Crippen molar-refractivity contribution in [3.8, 4) is 5.69 Å². The molecule has 1 aliphatic carbocycles. The van der Waals surface area contributed by atoms with Crippen molar-refractivity contribution in [2.24, 2.45) is 5.92 Å². The van der Waals surface area contributed by atoms with E-state index in [0.717, 1.165) is 22.6 Å². The third-order valence-corrected chi connectivity index (χ3v) is 5.30. The topological polar surface area (TPSA) is 46.9 Å². The van der Waals surface area contributed by atoms with Crippen molar-refractivity contribution in [2.45, 2.75) is 32.7 Å². The molecule has 1 saturated carbocycles. The van der Waals surface area contributed by atoms with Gasteiger partial charge in [-0.05, 0) is 56.4 Å². The molecule has 142 valence electrons. The third-order valence-electron chi connectivity index (χ3n) is 5.30. The van der Waals surface area contributed by atoms with Crippen molar-refractivity contribution >= 4 is 12.0 Å². The number of hydrogen-bond acceptors (Lipinski definition) is 2. The van der Waals surface area contributed by atoms with Crippen molar-refractivity contribution in [1.29, 1.82) is 0 Å². The van der Waals surface area contributed by atoms with Gasteiger partial charge in [0.05, 0.1) is 17.4 Å². The van der Waals surface area contributed by atoms with E-state index in [1.807, 2.05) is 73.1 Å². The van der Waals surface area contributed by atoms with Gasteiger partial charge >= 0.3 is 0 Å². The summed E-state index contributed by atoms with van der Waals surface area (Å²) in [7, 11) is 0. The number of aryl methyl sites for hydroxylation is 1. The minimum Gasteiger partial charge on any atom is -0.345 e. The van der Waals surface area contributed by atoms with E-state index in [4.69, 9.17) is 0 Å². The standard InChI is InChI=1S/C24H25N3O/c1-17-22(18(2)27(26-17)21-11-7-4-8-12-21)15-16-23(28)25-24(20-13-14-20)19-9-5-3-6-10-19/h3-12,15-16,20,24H,13-14H2,1-2H3,(H,25,28)/b16-15+/t24-/m1/s1. The Hall–Kier alpha value is -3.14. The summed E-state index contributed by atoms with van der Waals surface area (Å²) in [6, 6.07) is 20.4. The predicted octanol–water partition coefficient (Wildman–Crippen LogP) is 4.77. The number of carbonyl (C=O) groups excluding carboxylic acids is 1. The highest BCUT2D eigenvalue weighted by molar-refractivity contribution is 5.92. The Morgan fingerprint density at radius 3 is 2.36 bits per heavy atom. The summed E-state index contributed by atoms with van der Waals surface area (Å²) < 4.78 is 1.92. The maximum absolute atomic E-state index is 12.6. The molecule has 0 aliphatic heterocycles. The first-order valence-corrected chi connectivity index (χ1v) is 9.78. The number of benzene rings is 2. The summed E-state index contributed by atoms with van der Waals surface area (Å²) in [5, 5.41) is 7.83. The normalized spacial score (nSPS) is 14.9. The Balaban J connectivity index is 1.51. The summed E-state index contributed by atoms with van der Waals surface area (Å²) in [5.74, 6) is 0.482. The number of amides is 1. The summed E-state index contributed by atoms with van der Waals surface area (Å²) in [6.45, 7) is 4.00. The number of hydrogen-bond donors (Lipinski definition) is 1. The summed E-state index contributed by atoms with van der Waals surface area (Å²) in [6.07, 6.45) is 5.85. The lowest BCUT2D eigenvalue weighted by atomic mass is 10.0. The Kier molecular flexibility index (Phi) is 5.11. The van der Waals surface area contributed by atoms with Gasteiger partial charge in [-0.15, -0.1) is 0 Å². The van der Waals surface area contributed by atoms with Crippen molar-refractivity contribution < 1.29 is 4.79 Å². The molecule has 1 aromatic heterocycles. The molecule has 1 amide bonds. The average Bonchev–Trinajstić information content (AvgIpc) is 3.52. The highest BCUT2D eigenvalue weighted by atomic mass is 16.1. The second-order valence-corrected chi connectivity index (χ2v) is 7.40.